The van der Waals surface area contributed by atoms with Gasteiger partial charge in [-0.1, -0.05) is 23.7 Å². The number of halogens is 1. The number of amides is 4. The molecule has 28 heavy (non-hydrogen) atoms. The molecule has 1 N–H and O–H groups in total. The molecule has 0 aliphatic carbocycles. The molecule has 0 unspecified atom stereocenters. The number of hydrogen-bond donors (Lipinski definition) is 1. The van der Waals surface area contributed by atoms with Gasteiger partial charge in [-0.05, 0) is 48.4 Å². The van der Waals surface area contributed by atoms with Crippen molar-refractivity contribution < 1.29 is 23.9 Å². The molecule has 2 aromatic carbocycles. The minimum absolute atomic E-state index is 0.191. The Kier molecular flexibility index (Phi) is 5.37. The van der Waals surface area contributed by atoms with Gasteiger partial charge in [-0.3, -0.25) is 14.9 Å². The summed E-state index contributed by atoms with van der Waals surface area (Å²) in [6.07, 6.45) is 1.38. The first-order chi connectivity index (χ1) is 13.3. The third-order valence-corrected chi connectivity index (χ3v) is 4.64. The molecule has 0 radical (unpaired) electrons. The zero-order valence-electron chi connectivity index (χ0n) is 15.4. The van der Waals surface area contributed by atoms with Crippen LogP contribution in [0.3, 0.4) is 0 Å². The summed E-state index contributed by atoms with van der Waals surface area (Å²) in [7, 11) is 2.99. The van der Waals surface area contributed by atoms with Gasteiger partial charge in [-0.25, -0.2) is 9.69 Å². The Morgan fingerprint density at radius 3 is 2.36 bits per heavy atom. The summed E-state index contributed by atoms with van der Waals surface area (Å²) in [4.78, 5) is 38.3. The van der Waals surface area contributed by atoms with Crippen LogP contribution >= 0.6 is 11.6 Å². The third-order valence-electron chi connectivity index (χ3n) is 4.23. The van der Waals surface area contributed by atoms with Gasteiger partial charge in [-0.15, -0.1) is 0 Å². The molecule has 0 atom stereocenters. The van der Waals surface area contributed by atoms with E-state index in [1.807, 2.05) is 0 Å². The molecule has 0 spiro atoms. The summed E-state index contributed by atoms with van der Waals surface area (Å²) in [5.74, 6) is -0.573. The number of imide groups is 2. The molecule has 7 nitrogen and oxygen atoms in total. The monoisotopic (exact) mass is 400 g/mol. The van der Waals surface area contributed by atoms with E-state index in [0.29, 0.717) is 22.1 Å². The van der Waals surface area contributed by atoms with Gasteiger partial charge in [0.25, 0.3) is 11.8 Å². The largest absolute Gasteiger partial charge is 0.493 e. The van der Waals surface area contributed by atoms with Gasteiger partial charge in [-0.2, -0.15) is 0 Å². The molecule has 4 amide bonds. The van der Waals surface area contributed by atoms with Crippen molar-refractivity contribution in [3.05, 3.63) is 58.1 Å². The van der Waals surface area contributed by atoms with Crippen LogP contribution in [0.25, 0.3) is 6.08 Å². The minimum Gasteiger partial charge on any atom is -0.493 e. The Balaban J connectivity index is 2.02. The highest BCUT2D eigenvalue weighted by Gasteiger charge is 2.37. The Morgan fingerprint density at radius 2 is 1.71 bits per heavy atom. The number of rotatable bonds is 4. The first kappa shape index (κ1) is 19.4. The lowest BCUT2D eigenvalue weighted by Gasteiger charge is -2.26. The van der Waals surface area contributed by atoms with E-state index in [0.717, 1.165) is 10.5 Å². The number of hydrogen-bond acceptors (Lipinski definition) is 5. The Morgan fingerprint density at radius 1 is 1.00 bits per heavy atom. The highest BCUT2D eigenvalue weighted by atomic mass is 35.5. The number of carbonyl (C=O) groups is 3. The summed E-state index contributed by atoms with van der Waals surface area (Å²) in [5, 5.41) is 2.58. The summed E-state index contributed by atoms with van der Waals surface area (Å²) >= 11 is 6.11. The van der Waals surface area contributed by atoms with Gasteiger partial charge in [0.1, 0.15) is 5.57 Å². The van der Waals surface area contributed by atoms with Crippen LogP contribution in [0.4, 0.5) is 10.5 Å². The van der Waals surface area contributed by atoms with Crippen molar-refractivity contribution in [2.75, 3.05) is 19.1 Å². The molecule has 1 fully saturated rings. The highest BCUT2D eigenvalue weighted by molar-refractivity contribution is 6.39. The summed E-state index contributed by atoms with van der Waals surface area (Å²) in [6.45, 7) is 1.80. The molecule has 1 saturated heterocycles. The van der Waals surface area contributed by atoms with E-state index in [4.69, 9.17) is 21.1 Å². The van der Waals surface area contributed by atoms with Crippen LogP contribution in [0.15, 0.2) is 42.0 Å². The maximum absolute atomic E-state index is 12.9. The second kappa shape index (κ2) is 7.74. The second-order valence-corrected chi connectivity index (χ2v) is 6.41. The van der Waals surface area contributed by atoms with Gasteiger partial charge in [0.2, 0.25) is 0 Å². The van der Waals surface area contributed by atoms with Gasteiger partial charge in [0.05, 0.1) is 19.9 Å². The lowest BCUT2D eigenvalue weighted by Crippen LogP contribution is -2.54. The maximum Gasteiger partial charge on any atom is 0.335 e. The zero-order chi connectivity index (χ0) is 20.4. The number of nitrogens with zero attached hydrogens (tertiary/aromatic N) is 1. The fourth-order valence-corrected chi connectivity index (χ4v) is 2.90. The predicted molar refractivity (Wildman–Crippen MR) is 105 cm³/mol. The highest BCUT2D eigenvalue weighted by Crippen LogP contribution is 2.30. The third kappa shape index (κ3) is 3.57. The molecular formula is C20H17ClN2O5. The van der Waals surface area contributed by atoms with Gasteiger partial charge >= 0.3 is 6.03 Å². The molecule has 0 aromatic heterocycles. The second-order valence-electron chi connectivity index (χ2n) is 6.01. The number of urea groups is 1. The van der Waals surface area contributed by atoms with Crippen molar-refractivity contribution in [3.63, 3.8) is 0 Å². The smallest absolute Gasteiger partial charge is 0.335 e. The van der Waals surface area contributed by atoms with Crippen LogP contribution < -0.4 is 19.7 Å². The summed E-state index contributed by atoms with van der Waals surface area (Å²) < 4.78 is 10.4. The van der Waals surface area contributed by atoms with Crippen LogP contribution in [0.5, 0.6) is 11.5 Å². The number of anilines is 1. The van der Waals surface area contributed by atoms with Crippen LogP contribution in [0.2, 0.25) is 5.02 Å². The molecule has 3 rings (SSSR count). The zero-order valence-corrected chi connectivity index (χ0v) is 16.2. The number of nitrogens with one attached hydrogen (secondary N) is 1. The van der Waals surface area contributed by atoms with E-state index < -0.39 is 17.8 Å². The Bertz CT molecular complexity index is 1020. The Hall–Kier alpha value is -3.32. The minimum atomic E-state index is -0.834. The number of barbiturate groups is 1. The standard InChI is InChI=1S/C20H17ClN2O5/c1-11-4-6-13(10-15(11)21)23-19(25)14(18(24)22-20(23)26)8-12-5-7-16(27-2)17(9-12)28-3/h4-10H,1-3H3,(H,22,24,26). The molecule has 1 aliphatic heterocycles. The molecule has 144 valence electrons. The molecule has 0 saturated carbocycles. The van der Waals surface area contributed by atoms with E-state index >= 15 is 0 Å². The molecule has 2 aromatic rings. The summed E-state index contributed by atoms with van der Waals surface area (Å²) in [5.41, 5.74) is 1.41. The molecule has 1 heterocycles. The normalized spacial score (nSPS) is 15.6. The Labute approximate surface area is 166 Å². The van der Waals surface area contributed by atoms with Crippen molar-refractivity contribution in [2.45, 2.75) is 6.92 Å². The van der Waals surface area contributed by atoms with Crippen LogP contribution in [0, 0.1) is 6.92 Å². The van der Waals surface area contributed by atoms with E-state index in [1.165, 1.54) is 26.4 Å². The quantitative estimate of drug-likeness (QED) is 0.628. The van der Waals surface area contributed by atoms with Crippen molar-refractivity contribution in [3.8, 4) is 11.5 Å². The van der Waals surface area contributed by atoms with Crippen molar-refractivity contribution in [2.24, 2.45) is 0 Å². The van der Waals surface area contributed by atoms with E-state index in [1.54, 1.807) is 37.3 Å². The van der Waals surface area contributed by atoms with Crippen molar-refractivity contribution in [1.82, 2.24) is 5.32 Å². The van der Waals surface area contributed by atoms with Gasteiger partial charge in [0, 0.05) is 5.02 Å². The average Bonchev–Trinajstić information content (AvgIpc) is 2.67. The topological polar surface area (TPSA) is 84.9 Å². The maximum atomic E-state index is 12.9. The number of methoxy groups -OCH3 is 2. The first-order valence-corrected chi connectivity index (χ1v) is 8.63. The average molecular weight is 401 g/mol. The molecule has 0 bridgehead atoms. The number of ether oxygens (including phenoxy) is 2. The van der Waals surface area contributed by atoms with E-state index in [-0.39, 0.29) is 11.3 Å². The lowest BCUT2D eigenvalue weighted by molar-refractivity contribution is -0.122. The number of aryl methyl sites for hydroxylation is 1. The number of carbonyl (C=O) groups excluding carboxylic acids is 3. The van der Waals surface area contributed by atoms with Crippen LogP contribution in [-0.4, -0.2) is 32.1 Å². The van der Waals surface area contributed by atoms with Gasteiger partial charge < -0.3 is 9.47 Å². The molecule has 8 heteroatoms. The predicted octanol–water partition coefficient (Wildman–Crippen LogP) is 3.33. The molecular weight excluding hydrogens is 384 g/mol. The fourth-order valence-electron chi connectivity index (χ4n) is 2.72. The SMILES string of the molecule is COc1ccc(C=C2C(=O)NC(=O)N(c3ccc(C)c(Cl)c3)C2=O)cc1OC. The van der Waals surface area contributed by atoms with E-state index in [2.05, 4.69) is 5.32 Å². The molecule has 1 aliphatic rings. The van der Waals surface area contributed by atoms with E-state index in [9.17, 15) is 14.4 Å². The van der Waals surface area contributed by atoms with Crippen molar-refractivity contribution in [1.29, 1.82) is 0 Å². The number of benzene rings is 2. The fraction of sp³-hybridized carbons (Fsp3) is 0.150. The van der Waals surface area contributed by atoms with Crippen LogP contribution in [0.1, 0.15) is 11.1 Å². The van der Waals surface area contributed by atoms with Gasteiger partial charge in [0.15, 0.2) is 11.5 Å². The first-order valence-electron chi connectivity index (χ1n) is 8.25. The lowest BCUT2D eigenvalue weighted by atomic mass is 10.1. The summed E-state index contributed by atoms with van der Waals surface area (Å²) in [6, 6.07) is 8.87. The van der Waals surface area contributed by atoms with Crippen LogP contribution in [-0.2, 0) is 9.59 Å². The van der Waals surface area contributed by atoms with Crippen molar-refractivity contribution >= 4 is 41.2 Å².